The number of aryl methyl sites for hydroxylation is 2. The van der Waals surface area contributed by atoms with Crippen molar-refractivity contribution in [1.29, 1.82) is 0 Å². The van der Waals surface area contributed by atoms with E-state index in [1.807, 2.05) is 6.92 Å². The smallest absolute Gasteiger partial charge is 0.321 e. The zero-order valence-electron chi connectivity index (χ0n) is 17.9. The number of carbonyl (C=O) groups excluding carboxylic acids is 1. The Kier molecular flexibility index (Phi) is 4.57. The molecule has 12 heteroatoms. The number of hydrogen-bond acceptors (Lipinski definition) is 7. The number of piperazine rings is 1. The van der Waals surface area contributed by atoms with Crippen LogP contribution in [0.3, 0.4) is 0 Å². The average molecular weight is 438 g/mol. The summed E-state index contributed by atoms with van der Waals surface area (Å²) in [6.07, 6.45) is 3.34. The van der Waals surface area contributed by atoms with E-state index in [0.29, 0.717) is 47.7 Å². The van der Waals surface area contributed by atoms with E-state index in [9.17, 15) is 9.18 Å². The fraction of sp³-hybridized carbons (Fsp3) is 0.350. The molecule has 1 atom stereocenters. The van der Waals surface area contributed by atoms with E-state index in [-0.39, 0.29) is 18.0 Å². The van der Waals surface area contributed by atoms with Gasteiger partial charge < -0.3 is 20.9 Å². The Bertz CT molecular complexity index is 1350. The molecule has 3 aromatic heterocycles. The van der Waals surface area contributed by atoms with E-state index >= 15 is 0 Å². The number of carbonyl (C=O) groups is 1. The van der Waals surface area contributed by atoms with Crippen LogP contribution >= 0.6 is 0 Å². The van der Waals surface area contributed by atoms with E-state index < -0.39 is 5.82 Å². The first-order valence-electron chi connectivity index (χ1n) is 10.2. The number of fused-ring (bicyclic) bond motifs is 2. The lowest BCUT2D eigenvalue weighted by molar-refractivity contribution is 0.200. The highest BCUT2D eigenvalue weighted by Gasteiger charge is 2.30. The third-order valence-corrected chi connectivity index (χ3v) is 5.85. The maximum absolute atomic E-state index is 14.1. The van der Waals surface area contributed by atoms with Gasteiger partial charge in [0.2, 0.25) is 5.95 Å². The topological polar surface area (TPSA) is 123 Å². The van der Waals surface area contributed by atoms with E-state index in [1.54, 1.807) is 40.8 Å². The van der Waals surface area contributed by atoms with Crippen LogP contribution in [0.1, 0.15) is 6.92 Å². The van der Waals surface area contributed by atoms with Gasteiger partial charge in [0.1, 0.15) is 11.6 Å². The molecular weight excluding hydrogens is 415 g/mol. The summed E-state index contributed by atoms with van der Waals surface area (Å²) in [5.41, 5.74) is 7.59. The number of nitrogens with zero attached hydrogens (tertiary/aromatic N) is 8. The van der Waals surface area contributed by atoms with Gasteiger partial charge in [-0.2, -0.15) is 20.2 Å². The van der Waals surface area contributed by atoms with Crippen molar-refractivity contribution in [2.24, 2.45) is 14.1 Å². The zero-order chi connectivity index (χ0) is 22.6. The molecule has 1 aliphatic rings. The zero-order valence-corrected chi connectivity index (χ0v) is 17.9. The van der Waals surface area contributed by atoms with Crippen molar-refractivity contribution in [2.75, 3.05) is 35.6 Å². The number of urea groups is 1. The van der Waals surface area contributed by atoms with Gasteiger partial charge in [-0.25, -0.2) is 9.18 Å². The molecular formula is C20H23FN10O. The molecule has 5 rings (SSSR count). The first-order chi connectivity index (χ1) is 15.3. The van der Waals surface area contributed by atoms with Crippen LogP contribution < -0.4 is 16.0 Å². The lowest BCUT2D eigenvalue weighted by Gasteiger charge is -2.40. The van der Waals surface area contributed by atoms with Crippen molar-refractivity contribution in [3.05, 3.63) is 30.3 Å². The minimum atomic E-state index is -0.434. The molecule has 0 spiro atoms. The second-order valence-electron chi connectivity index (χ2n) is 7.98. The van der Waals surface area contributed by atoms with Crippen LogP contribution in [0, 0.1) is 5.82 Å². The Labute approximate surface area is 182 Å². The van der Waals surface area contributed by atoms with Gasteiger partial charge in [0.05, 0.1) is 29.0 Å². The van der Waals surface area contributed by atoms with Gasteiger partial charge in [0, 0.05) is 45.2 Å². The van der Waals surface area contributed by atoms with Gasteiger partial charge in [0.15, 0.2) is 5.65 Å². The number of rotatable bonds is 2. The van der Waals surface area contributed by atoms with Gasteiger partial charge in [-0.15, -0.1) is 0 Å². The molecule has 166 valence electrons. The Morgan fingerprint density at radius 2 is 1.88 bits per heavy atom. The Morgan fingerprint density at radius 1 is 1.12 bits per heavy atom. The summed E-state index contributed by atoms with van der Waals surface area (Å²) >= 11 is 0. The van der Waals surface area contributed by atoms with Crippen molar-refractivity contribution >= 4 is 45.4 Å². The summed E-state index contributed by atoms with van der Waals surface area (Å²) in [5, 5.41) is 12.8. The van der Waals surface area contributed by atoms with E-state index in [4.69, 9.17) is 5.73 Å². The van der Waals surface area contributed by atoms with Gasteiger partial charge >= 0.3 is 6.03 Å². The van der Waals surface area contributed by atoms with Crippen molar-refractivity contribution in [3.63, 3.8) is 0 Å². The number of nitrogen functional groups attached to an aromatic ring is 1. The van der Waals surface area contributed by atoms with Crippen molar-refractivity contribution < 1.29 is 9.18 Å². The molecule has 0 bridgehead atoms. The molecule has 4 aromatic rings. The van der Waals surface area contributed by atoms with E-state index in [0.717, 1.165) is 5.39 Å². The summed E-state index contributed by atoms with van der Waals surface area (Å²) in [5.74, 6) is 0.446. The van der Waals surface area contributed by atoms with Crippen molar-refractivity contribution in [2.45, 2.75) is 13.0 Å². The lowest BCUT2D eigenvalue weighted by atomic mass is 10.1. The second-order valence-corrected chi connectivity index (χ2v) is 7.98. The lowest BCUT2D eigenvalue weighted by Crippen LogP contribution is -2.55. The molecule has 0 unspecified atom stereocenters. The number of hydrogen-bond donors (Lipinski definition) is 2. The largest absolute Gasteiger partial charge is 0.368 e. The summed E-state index contributed by atoms with van der Waals surface area (Å²) < 4.78 is 17.3. The number of anilines is 3. The number of nitrogens with one attached hydrogen (secondary N) is 1. The molecule has 1 fully saturated rings. The maximum atomic E-state index is 14.1. The predicted octanol–water partition coefficient (Wildman–Crippen LogP) is 1.71. The third kappa shape index (κ3) is 3.24. The first-order valence-corrected chi connectivity index (χ1v) is 10.2. The molecule has 0 aliphatic carbocycles. The fourth-order valence-electron chi connectivity index (χ4n) is 4.21. The molecule has 2 amide bonds. The van der Waals surface area contributed by atoms with Crippen LogP contribution in [0.2, 0.25) is 0 Å². The van der Waals surface area contributed by atoms with Crippen LogP contribution in [0.4, 0.5) is 26.6 Å². The molecule has 11 nitrogen and oxygen atoms in total. The Balaban J connectivity index is 1.36. The summed E-state index contributed by atoms with van der Waals surface area (Å²) in [6.45, 7) is 3.50. The summed E-state index contributed by atoms with van der Waals surface area (Å²) in [4.78, 5) is 25.5. The van der Waals surface area contributed by atoms with Crippen LogP contribution in [-0.4, -0.2) is 66.1 Å². The highest BCUT2D eigenvalue weighted by atomic mass is 19.1. The van der Waals surface area contributed by atoms with Crippen molar-refractivity contribution in [3.8, 4) is 0 Å². The number of amides is 2. The average Bonchev–Trinajstić information content (AvgIpc) is 3.30. The Morgan fingerprint density at radius 3 is 2.66 bits per heavy atom. The Hall–Kier alpha value is -3.96. The predicted molar refractivity (Wildman–Crippen MR) is 119 cm³/mol. The minimum absolute atomic E-state index is 0.0295. The van der Waals surface area contributed by atoms with Gasteiger partial charge in [-0.3, -0.25) is 9.36 Å². The molecule has 4 heterocycles. The highest BCUT2D eigenvalue weighted by Crippen LogP contribution is 2.28. The van der Waals surface area contributed by atoms with Crippen LogP contribution in [0.15, 0.2) is 24.5 Å². The van der Waals surface area contributed by atoms with E-state index in [1.165, 1.54) is 12.1 Å². The highest BCUT2D eigenvalue weighted by molar-refractivity contribution is 6.00. The molecule has 1 aliphatic heterocycles. The van der Waals surface area contributed by atoms with E-state index in [2.05, 4.69) is 30.4 Å². The molecule has 0 radical (unpaired) electrons. The van der Waals surface area contributed by atoms with Gasteiger partial charge in [0.25, 0.3) is 0 Å². The monoisotopic (exact) mass is 438 g/mol. The fourth-order valence-corrected chi connectivity index (χ4v) is 4.21. The molecule has 3 N–H and O–H groups in total. The van der Waals surface area contributed by atoms with Gasteiger partial charge in [-0.05, 0) is 19.1 Å². The van der Waals surface area contributed by atoms with Crippen LogP contribution in [0.25, 0.3) is 21.9 Å². The van der Waals surface area contributed by atoms with Crippen LogP contribution in [0.5, 0.6) is 0 Å². The number of benzene rings is 1. The SMILES string of the molecule is C[C@H]1CN(C(=O)Nc2cc(F)cc3c2cnn3C)CCN1c1nc(N)nc2c1cnn2C. The number of halogens is 1. The molecule has 32 heavy (non-hydrogen) atoms. The standard InChI is InChI=1S/C20H23FN10O/c1-11-10-30(20(32)25-15-6-12(21)7-16-13(15)8-23-28(16)2)4-5-31(11)18-14-9-24-29(3)17(14)26-19(22)27-18/h6-9,11H,4-5,10H2,1-3H3,(H,25,32)(H2,22,26,27)/t11-/m0/s1. The summed E-state index contributed by atoms with van der Waals surface area (Å²) in [7, 11) is 3.53. The first kappa shape index (κ1) is 20.0. The normalized spacial score (nSPS) is 16.8. The molecule has 0 saturated carbocycles. The van der Waals surface area contributed by atoms with Crippen molar-refractivity contribution in [1.82, 2.24) is 34.4 Å². The second kappa shape index (κ2) is 7.32. The third-order valence-electron chi connectivity index (χ3n) is 5.85. The van der Waals surface area contributed by atoms with Gasteiger partial charge in [-0.1, -0.05) is 0 Å². The number of aromatic nitrogens is 6. The maximum Gasteiger partial charge on any atom is 0.321 e. The minimum Gasteiger partial charge on any atom is -0.368 e. The van der Waals surface area contributed by atoms with Crippen LogP contribution in [-0.2, 0) is 14.1 Å². The number of nitrogens with two attached hydrogens (primary N) is 1. The summed E-state index contributed by atoms with van der Waals surface area (Å²) in [6, 6.07) is 2.38. The molecule has 1 aromatic carbocycles. The molecule has 1 saturated heterocycles. The quantitative estimate of drug-likeness (QED) is 0.488.